The van der Waals surface area contributed by atoms with Crippen LogP contribution in [0.3, 0.4) is 0 Å². The lowest BCUT2D eigenvalue weighted by Gasteiger charge is -2.30. The van der Waals surface area contributed by atoms with E-state index >= 15 is 0 Å². The number of rotatable bonds is 7. The van der Waals surface area contributed by atoms with Gasteiger partial charge in [0.15, 0.2) is 0 Å². The summed E-state index contributed by atoms with van der Waals surface area (Å²) in [4.78, 5) is 8.58. The molecule has 0 aliphatic carbocycles. The summed E-state index contributed by atoms with van der Waals surface area (Å²) in [7, 11) is 6.08. The van der Waals surface area contributed by atoms with Gasteiger partial charge in [0.05, 0.1) is 12.6 Å². The minimum atomic E-state index is 0.188. The first kappa shape index (κ1) is 21.7. The molecule has 1 unspecified atom stereocenters. The van der Waals surface area contributed by atoms with Gasteiger partial charge in [-0.2, -0.15) is 0 Å². The average molecular weight is 291 g/mol. The van der Waals surface area contributed by atoms with E-state index in [4.69, 9.17) is 0 Å². The summed E-state index contributed by atoms with van der Waals surface area (Å²) in [6.45, 7) is 20.4. The quantitative estimate of drug-likeness (QED) is 0.399. The van der Waals surface area contributed by atoms with Gasteiger partial charge in [-0.15, -0.1) is 0 Å². The highest BCUT2D eigenvalue weighted by Crippen LogP contribution is 2.13. The van der Waals surface area contributed by atoms with Gasteiger partial charge in [-0.05, 0) is 33.5 Å². The van der Waals surface area contributed by atoms with Gasteiger partial charge in [0.25, 0.3) is 0 Å². The van der Waals surface area contributed by atoms with Crippen LogP contribution in [0, 0.1) is 0 Å². The molecule has 0 aliphatic rings. The molecule has 0 bridgehead atoms. The van der Waals surface area contributed by atoms with Gasteiger partial charge in [0, 0.05) is 13.2 Å². The van der Waals surface area contributed by atoms with Crippen molar-refractivity contribution in [2.75, 3.05) is 27.7 Å². The number of hydrogen-bond acceptors (Lipinski definition) is 2. The molecule has 0 spiro atoms. The van der Waals surface area contributed by atoms with Gasteiger partial charge in [0.2, 0.25) is 0 Å². The largest absolute Gasteiger partial charge is 0.355 e. The molecular formula is C18H33N3. The standard InChI is InChI=1S/C16H27N3.C2H6/c1-9-15(11-13(3)4)14(5)19(8)16(17-10-2)12-18(6)7;1-2/h9-11,14H,1-3,12H2,4-8H3;1-2H3/b15-11+,17-16?;. The van der Waals surface area contributed by atoms with Crippen molar-refractivity contribution in [3.8, 4) is 0 Å². The SMILES string of the molecule is C=CN=C(CN(C)C)N(C)C(C)/C(C=C)=C/C(=C)C.CC. The van der Waals surface area contributed by atoms with Gasteiger partial charge in [-0.1, -0.05) is 51.3 Å². The Labute approximate surface area is 132 Å². The summed E-state index contributed by atoms with van der Waals surface area (Å²) in [5, 5.41) is 0. The van der Waals surface area contributed by atoms with Gasteiger partial charge in [-0.3, -0.25) is 0 Å². The molecule has 0 amide bonds. The minimum Gasteiger partial charge on any atom is -0.355 e. The fraction of sp³-hybridized carbons (Fsp3) is 0.500. The van der Waals surface area contributed by atoms with Crippen molar-refractivity contribution in [2.24, 2.45) is 4.99 Å². The molecule has 120 valence electrons. The molecule has 0 heterocycles. The normalized spacial score (nSPS) is 13.1. The van der Waals surface area contributed by atoms with E-state index in [2.05, 4.69) is 47.5 Å². The third-order valence-corrected chi connectivity index (χ3v) is 2.82. The van der Waals surface area contributed by atoms with E-state index in [0.717, 1.165) is 23.5 Å². The maximum Gasteiger partial charge on any atom is 0.118 e. The zero-order chi connectivity index (χ0) is 17.0. The first-order valence-corrected chi connectivity index (χ1v) is 7.38. The molecule has 0 saturated carbocycles. The molecule has 1 atom stereocenters. The first-order chi connectivity index (χ1) is 9.83. The van der Waals surface area contributed by atoms with Crippen LogP contribution in [0.4, 0.5) is 0 Å². The van der Waals surface area contributed by atoms with Crippen LogP contribution in [0.1, 0.15) is 27.7 Å². The molecule has 0 saturated heterocycles. The molecule has 0 fully saturated rings. The van der Waals surface area contributed by atoms with Crippen molar-refractivity contribution >= 4 is 5.84 Å². The van der Waals surface area contributed by atoms with Gasteiger partial charge >= 0.3 is 0 Å². The second-order valence-corrected chi connectivity index (χ2v) is 4.95. The molecule has 0 rings (SSSR count). The van der Waals surface area contributed by atoms with Crippen LogP contribution in [0.15, 0.2) is 54.2 Å². The molecular weight excluding hydrogens is 258 g/mol. The molecule has 3 heteroatoms. The van der Waals surface area contributed by atoms with E-state index in [1.165, 1.54) is 0 Å². The summed E-state index contributed by atoms with van der Waals surface area (Å²) in [5.74, 6) is 0.974. The number of amidine groups is 1. The van der Waals surface area contributed by atoms with Gasteiger partial charge in [0.1, 0.15) is 5.84 Å². The number of hydrogen-bond donors (Lipinski definition) is 0. The lowest BCUT2D eigenvalue weighted by molar-refractivity contribution is 0.393. The Bertz CT molecular complexity index is 389. The molecule has 0 N–H and O–H groups in total. The Morgan fingerprint density at radius 3 is 2.05 bits per heavy atom. The van der Waals surface area contributed by atoms with Crippen molar-refractivity contribution in [3.05, 3.63) is 49.2 Å². The molecule has 0 aromatic carbocycles. The minimum absolute atomic E-state index is 0.188. The number of allylic oxidation sites excluding steroid dienone is 2. The van der Waals surface area contributed by atoms with Crippen molar-refractivity contribution in [3.63, 3.8) is 0 Å². The molecule has 0 aromatic heterocycles. The highest BCUT2D eigenvalue weighted by Gasteiger charge is 2.16. The van der Waals surface area contributed by atoms with Crippen LogP contribution in [0.5, 0.6) is 0 Å². The monoisotopic (exact) mass is 291 g/mol. The van der Waals surface area contributed by atoms with Gasteiger partial charge in [-0.25, -0.2) is 4.99 Å². The summed E-state index contributed by atoms with van der Waals surface area (Å²) < 4.78 is 0. The lowest BCUT2D eigenvalue weighted by Crippen LogP contribution is -2.41. The van der Waals surface area contributed by atoms with E-state index < -0.39 is 0 Å². The number of nitrogens with zero attached hydrogens (tertiary/aromatic N) is 3. The van der Waals surface area contributed by atoms with Crippen LogP contribution >= 0.6 is 0 Å². The van der Waals surface area contributed by atoms with Crippen LogP contribution in [-0.4, -0.2) is 49.4 Å². The van der Waals surface area contributed by atoms with E-state index in [1.54, 1.807) is 6.20 Å². The number of likely N-dealkylation sites (N-methyl/N-ethyl adjacent to an activating group) is 2. The second-order valence-electron chi connectivity index (χ2n) is 4.95. The Balaban J connectivity index is 0. The van der Waals surface area contributed by atoms with Crippen molar-refractivity contribution in [1.29, 1.82) is 0 Å². The van der Waals surface area contributed by atoms with Crippen LogP contribution in [-0.2, 0) is 0 Å². The van der Waals surface area contributed by atoms with Crippen molar-refractivity contribution in [2.45, 2.75) is 33.7 Å². The number of aliphatic imine (C=N–C) groups is 1. The maximum atomic E-state index is 4.36. The zero-order valence-electron chi connectivity index (χ0n) is 15.0. The first-order valence-electron chi connectivity index (χ1n) is 7.38. The summed E-state index contributed by atoms with van der Waals surface area (Å²) >= 11 is 0. The Morgan fingerprint density at radius 1 is 1.19 bits per heavy atom. The summed E-state index contributed by atoms with van der Waals surface area (Å²) in [6, 6.07) is 0.188. The average Bonchev–Trinajstić information content (AvgIpc) is 2.44. The van der Waals surface area contributed by atoms with Crippen LogP contribution < -0.4 is 0 Å². The molecule has 0 aliphatic heterocycles. The topological polar surface area (TPSA) is 18.8 Å². The predicted octanol–water partition coefficient (Wildman–Crippen LogP) is 4.13. The van der Waals surface area contributed by atoms with Crippen molar-refractivity contribution < 1.29 is 0 Å². The third kappa shape index (κ3) is 9.03. The fourth-order valence-electron chi connectivity index (χ4n) is 1.71. The fourth-order valence-corrected chi connectivity index (χ4v) is 1.71. The van der Waals surface area contributed by atoms with E-state index in [0.29, 0.717) is 0 Å². The van der Waals surface area contributed by atoms with Crippen molar-refractivity contribution in [1.82, 2.24) is 9.80 Å². The van der Waals surface area contributed by atoms with E-state index in [9.17, 15) is 0 Å². The maximum absolute atomic E-state index is 4.36. The molecule has 3 nitrogen and oxygen atoms in total. The Morgan fingerprint density at radius 2 is 1.71 bits per heavy atom. The Kier molecular flexibility index (Phi) is 12.6. The highest BCUT2D eigenvalue weighted by molar-refractivity contribution is 5.85. The molecule has 21 heavy (non-hydrogen) atoms. The third-order valence-electron chi connectivity index (χ3n) is 2.82. The van der Waals surface area contributed by atoms with E-state index in [-0.39, 0.29) is 6.04 Å². The van der Waals surface area contributed by atoms with Crippen LogP contribution in [0.2, 0.25) is 0 Å². The van der Waals surface area contributed by atoms with Crippen LogP contribution in [0.25, 0.3) is 0 Å². The summed E-state index contributed by atoms with van der Waals surface area (Å²) in [5.41, 5.74) is 2.15. The molecule has 0 aromatic rings. The predicted molar refractivity (Wildman–Crippen MR) is 97.9 cm³/mol. The summed E-state index contributed by atoms with van der Waals surface area (Å²) in [6.07, 6.45) is 5.50. The highest BCUT2D eigenvalue weighted by atomic mass is 15.2. The Hall–Kier alpha value is -1.61. The second kappa shape index (κ2) is 12.2. The smallest absolute Gasteiger partial charge is 0.118 e. The lowest BCUT2D eigenvalue weighted by atomic mass is 10.0. The van der Waals surface area contributed by atoms with E-state index in [1.807, 2.05) is 48.0 Å². The zero-order valence-corrected chi connectivity index (χ0v) is 15.0. The van der Waals surface area contributed by atoms with Gasteiger partial charge < -0.3 is 9.80 Å². The molecule has 0 radical (unpaired) electrons.